The molecule has 5 nitrogen and oxygen atoms in total. The molecule has 0 radical (unpaired) electrons. The van der Waals surface area contributed by atoms with Crippen LogP contribution >= 0.6 is 0 Å². The SMILES string of the molecule is COc1c(C(F)F)cnc(CN)c1CC(=O)O. The van der Waals surface area contributed by atoms with Crippen LogP contribution in [0.2, 0.25) is 0 Å². The molecule has 1 heterocycles. The van der Waals surface area contributed by atoms with Crippen LogP contribution in [0.3, 0.4) is 0 Å². The van der Waals surface area contributed by atoms with Crippen molar-refractivity contribution in [2.75, 3.05) is 7.11 Å². The van der Waals surface area contributed by atoms with E-state index in [2.05, 4.69) is 4.98 Å². The van der Waals surface area contributed by atoms with Crippen LogP contribution in [0.25, 0.3) is 0 Å². The van der Waals surface area contributed by atoms with Crippen LogP contribution < -0.4 is 10.5 Å². The van der Waals surface area contributed by atoms with Crippen molar-refractivity contribution >= 4 is 5.97 Å². The summed E-state index contributed by atoms with van der Waals surface area (Å²) in [4.78, 5) is 14.4. The maximum Gasteiger partial charge on any atom is 0.308 e. The minimum absolute atomic E-state index is 0.0392. The van der Waals surface area contributed by atoms with Crippen LogP contribution in [0.5, 0.6) is 5.75 Å². The summed E-state index contributed by atoms with van der Waals surface area (Å²) in [5, 5.41) is 8.72. The quantitative estimate of drug-likeness (QED) is 0.812. The number of hydrogen-bond donors (Lipinski definition) is 2. The number of nitrogens with two attached hydrogens (primary N) is 1. The molecular formula is C10H12F2N2O3. The summed E-state index contributed by atoms with van der Waals surface area (Å²) in [5.74, 6) is -1.32. The van der Waals surface area contributed by atoms with E-state index in [1.54, 1.807) is 0 Å². The van der Waals surface area contributed by atoms with E-state index in [1.165, 1.54) is 7.11 Å². The zero-order chi connectivity index (χ0) is 13.0. The Morgan fingerprint density at radius 2 is 2.29 bits per heavy atom. The summed E-state index contributed by atoms with van der Waals surface area (Å²) < 4.78 is 30.2. The topological polar surface area (TPSA) is 85.4 Å². The van der Waals surface area contributed by atoms with Gasteiger partial charge < -0.3 is 15.6 Å². The van der Waals surface area contributed by atoms with Gasteiger partial charge in [0, 0.05) is 18.3 Å². The van der Waals surface area contributed by atoms with Gasteiger partial charge in [-0.15, -0.1) is 0 Å². The molecule has 17 heavy (non-hydrogen) atoms. The number of carboxylic acid groups (broad SMARTS) is 1. The molecule has 0 saturated heterocycles. The number of ether oxygens (including phenoxy) is 1. The van der Waals surface area contributed by atoms with Crippen LogP contribution in [0.15, 0.2) is 6.20 Å². The Bertz CT molecular complexity index is 424. The predicted octanol–water partition coefficient (Wildman–Crippen LogP) is 1.11. The fourth-order valence-electron chi connectivity index (χ4n) is 1.50. The molecule has 0 aromatic carbocycles. The highest BCUT2D eigenvalue weighted by molar-refractivity contribution is 5.72. The van der Waals surface area contributed by atoms with E-state index in [0.29, 0.717) is 0 Å². The molecule has 0 bridgehead atoms. The highest BCUT2D eigenvalue weighted by atomic mass is 19.3. The van der Waals surface area contributed by atoms with Gasteiger partial charge in [-0.05, 0) is 0 Å². The monoisotopic (exact) mass is 246 g/mol. The van der Waals surface area contributed by atoms with Crippen LogP contribution in [0, 0.1) is 0 Å². The van der Waals surface area contributed by atoms with Crippen molar-refractivity contribution < 1.29 is 23.4 Å². The summed E-state index contributed by atoms with van der Waals surface area (Å²) in [6.07, 6.45) is -2.28. The number of pyridine rings is 1. The summed E-state index contributed by atoms with van der Waals surface area (Å²) in [6.45, 7) is -0.0392. The minimum atomic E-state index is -2.78. The number of nitrogens with zero attached hydrogens (tertiary/aromatic N) is 1. The molecule has 1 aromatic rings. The van der Waals surface area contributed by atoms with Gasteiger partial charge in [-0.3, -0.25) is 9.78 Å². The molecule has 1 aromatic heterocycles. The summed E-state index contributed by atoms with van der Waals surface area (Å²) in [7, 11) is 1.20. The summed E-state index contributed by atoms with van der Waals surface area (Å²) in [6, 6.07) is 0. The van der Waals surface area contributed by atoms with Gasteiger partial charge in [0.05, 0.1) is 24.8 Å². The molecule has 0 spiro atoms. The van der Waals surface area contributed by atoms with Crippen molar-refractivity contribution in [2.45, 2.75) is 19.4 Å². The van der Waals surface area contributed by atoms with E-state index in [-0.39, 0.29) is 23.6 Å². The zero-order valence-corrected chi connectivity index (χ0v) is 9.11. The Kier molecular flexibility index (Phi) is 4.33. The number of carbonyl (C=O) groups is 1. The third-order valence-corrected chi connectivity index (χ3v) is 2.20. The van der Waals surface area contributed by atoms with Crippen molar-refractivity contribution in [2.24, 2.45) is 5.73 Å². The van der Waals surface area contributed by atoms with E-state index in [4.69, 9.17) is 15.6 Å². The average molecular weight is 246 g/mol. The number of alkyl halides is 2. The van der Waals surface area contributed by atoms with Gasteiger partial charge in [0.2, 0.25) is 0 Å². The highest BCUT2D eigenvalue weighted by Crippen LogP contribution is 2.33. The van der Waals surface area contributed by atoms with E-state index < -0.39 is 24.4 Å². The molecule has 0 atom stereocenters. The normalized spacial score (nSPS) is 10.6. The van der Waals surface area contributed by atoms with Crippen LogP contribution in [0.4, 0.5) is 8.78 Å². The van der Waals surface area contributed by atoms with E-state index in [9.17, 15) is 13.6 Å². The molecule has 1 rings (SSSR count). The zero-order valence-electron chi connectivity index (χ0n) is 9.11. The van der Waals surface area contributed by atoms with Crippen molar-refractivity contribution in [3.63, 3.8) is 0 Å². The van der Waals surface area contributed by atoms with E-state index >= 15 is 0 Å². The molecule has 0 aliphatic rings. The van der Waals surface area contributed by atoms with Gasteiger partial charge in [-0.25, -0.2) is 8.78 Å². The van der Waals surface area contributed by atoms with Crippen LogP contribution in [-0.4, -0.2) is 23.2 Å². The van der Waals surface area contributed by atoms with Gasteiger partial charge in [0.1, 0.15) is 5.75 Å². The van der Waals surface area contributed by atoms with Gasteiger partial charge in [-0.2, -0.15) is 0 Å². The lowest BCUT2D eigenvalue weighted by atomic mass is 10.1. The molecule has 0 aliphatic carbocycles. The fourth-order valence-corrected chi connectivity index (χ4v) is 1.50. The number of methoxy groups -OCH3 is 1. The first-order chi connectivity index (χ1) is 8.01. The summed E-state index contributed by atoms with van der Waals surface area (Å²) in [5.41, 5.74) is 5.29. The second-order valence-corrected chi connectivity index (χ2v) is 3.25. The van der Waals surface area contributed by atoms with Crippen molar-refractivity contribution in [1.82, 2.24) is 4.98 Å². The summed E-state index contributed by atoms with van der Waals surface area (Å²) >= 11 is 0. The van der Waals surface area contributed by atoms with Crippen molar-refractivity contribution in [1.29, 1.82) is 0 Å². The molecule has 94 valence electrons. The van der Waals surface area contributed by atoms with E-state index in [1.807, 2.05) is 0 Å². The van der Waals surface area contributed by atoms with Gasteiger partial charge in [0.15, 0.2) is 0 Å². The maximum absolute atomic E-state index is 12.7. The Morgan fingerprint density at radius 3 is 2.71 bits per heavy atom. The first-order valence-electron chi connectivity index (χ1n) is 4.75. The minimum Gasteiger partial charge on any atom is -0.496 e. The fraction of sp³-hybridized carbons (Fsp3) is 0.400. The van der Waals surface area contributed by atoms with Crippen LogP contribution in [-0.2, 0) is 17.8 Å². The largest absolute Gasteiger partial charge is 0.496 e. The maximum atomic E-state index is 12.7. The van der Waals surface area contributed by atoms with Gasteiger partial charge in [-0.1, -0.05) is 0 Å². The third kappa shape index (κ3) is 2.88. The Balaban J connectivity index is 3.37. The van der Waals surface area contributed by atoms with Crippen molar-refractivity contribution in [3.05, 3.63) is 23.0 Å². The third-order valence-electron chi connectivity index (χ3n) is 2.20. The first kappa shape index (κ1) is 13.3. The number of rotatable bonds is 5. The average Bonchev–Trinajstić information content (AvgIpc) is 2.27. The molecule has 0 unspecified atom stereocenters. The molecule has 7 heteroatoms. The van der Waals surface area contributed by atoms with Gasteiger partial charge in [0.25, 0.3) is 6.43 Å². The molecule has 0 amide bonds. The Morgan fingerprint density at radius 1 is 1.65 bits per heavy atom. The molecule has 0 aliphatic heterocycles. The van der Waals surface area contributed by atoms with Crippen molar-refractivity contribution in [3.8, 4) is 5.75 Å². The standard InChI is InChI=1S/C10H12F2N2O3/c1-17-9-5(2-8(15)16)7(3-13)14-4-6(9)10(11)12/h4,10H,2-3,13H2,1H3,(H,15,16). The second-order valence-electron chi connectivity index (χ2n) is 3.25. The molecule has 0 saturated carbocycles. The van der Waals surface area contributed by atoms with Crippen LogP contribution in [0.1, 0.15) is 23.2 Å². The number of carboxylic acids is 1. The smallest absolute Gasteiger partial charge is 0.308 e. The van der Waals surface area contributed by atoms with Gasteiger partial charge >= 0.3 is 5.97 Å². The predicted molar refractivity (Wildman–Crippen MR) is 55.0 cm³/mol. The first-order valence-corrected chi connectivity index (χ1v) is 4.75. The van der Waals surface area contributed by atoms with E-state index in [0.717, 1.165) is 6.20 Å². The number of aliphatic carboxylic acids is 1. The highest BCUT2D eigenvalue weighted by Gasteiger charge is 2.22. The lowest BCUT2D eigenvalue weighted by Gasteiger charge is -2.14. The number of halogens is 2. The Hall–Kier alpha value is -1.76. The Labute approximate surface area is 96.2 Å². The molecular weight excluding hydrogens is 234 g/mol. The molecule has 3 N–H and O–H groups in total. The number of hydrogen-bond acceptors (Lipinski definition) is 4. The number of aromatic nitrogens is 1. The lowest BCUT2D eigenvalue weighted by Crippen LogP contribution is -2.12. The second kappa shape index (κ2) is 5.53. The lowest BCUT2D eigenvalue weighted by molar-refractivity contribution is -0.136. The molecule has 0 fully saturated rings.